The number of nitrogens with one attached hydrogen (secondary N) is 1. The molecular formula is C12H26N2O. The number of hydrogen-bond acceptors (Lipinski definition) is 2. The third-order valence-electron chi connectivity index (χ3n) is 2.47. The minimum absolute atomic E-state index is 0.00466. The fourth-order valence-electron chi connectivity index (χ4n) is 1.41. The van der Waals surface area contributed by atoms with Crippen LogP contribution in [0.2, 0.25) is 0 Å². The van der Waals surface area contributed by atoms with Crippen LogP contribution in [0.5, 0.6) is 0 Å². The van der Waals surface area contributed by atoms with Crippen molar-refractivity contribution in [3.8, 4) is 0 Å². The van der Waals surface area contributed by atoms with E-state index < -0.39 is 0 Å². The van der Waals surface area contributed by atoms with E-state index in [1.165, 1.54) is 0 Å². The van der Waals surface area contributed by atoms with E-state index in [0.29, 0.717) is 6.54 Å². The molecule has 0 aliphatic heterocycles. The molecule has 0 bridgehead atoms. The average Bonchev–Trinajstić information content (AvgIpc) is 2.11. The van der Waals surface area contributed by atoms with Crippen LogP contribution in [0.25, 0.3) is 0 Å². The van der Waals surface area contributed by atoms with E-state index >= 15 is 0 Å². The predicted octanol–water partition coefficient (Wildman–Crippen LogP) is 1.91. The molecule has 0 spiro atoms. The Hall–Kier alpha value is -0.570. The average molecular weight is 214 g/mol. The maximum absolute atomic E-state index is 11.7. The molecule has 0 heterocycles. The second kappa shape index (κ2) is 6.83. The second-order valence-corrected chi connectivity index (χ2v) is 5.32. The van der Waals surface area contributed by atoms with Crippen LogP contribution in [0.4, 0.5) is 0 Å². The van der Waals surface area contributed by atoms with Crippen LogP contribution in [-0.4, -0.2) is 19.0 Å². The first kappa shape index (κ1) is 14.4. The minimum Gasteiger partial charge on any atom is -0.356 e. The fourth-order valence-corrected chi connectivity index (χ4v) is 1.41. The number of nitrogens with two attached hydrogens (primary N) is 1. The SMILES string of the molecule is CCCC(CN)C(=O)NCCC(C)(C)C. The number of rotatable bonds is 6. The van der Waals surface area contributed by atoms with Gasteiger partial charge in [0.05, 0.1) is 5.92 Å². The van der Waals surface area contributed by atoms with Crippen LogP contribution < -0.4 is 11.1 Å². The van der Waals surface area contributed by atoms with Crippen molar-refractivity contribution < 1.29 is 4.79 Å². The zero-order chi connectivity index (χ0) is 11.9. The third kappa shape index (κ3) is 7.37. The van der Waals surface area contributed by atoms with Crippen LogP contribution in [0.15, 0.2) is 0 Å². The summed E-state index contributed by atoms with van der Waals surface area (Å²) in [5, 5.41) is 2.96. The van der Waals surface area contributed by atoms with E-state index in [0.717, 1.165) is 25.8 Å². The van der Waals surface area contributed by atoms with E-state index in [1.807, 2.05) is 0 Å². The van der Waals surface area contributed by atoms with Gasteiger partial charge in [-0.1, -0.05) is 34.1 Å². The van der Waals surface area contributed by atoms with Crippen molar-refractivity contribution >= 4 is 5.91 Å². The smallest absolute Gasteiger partial charge is 0.224 e. The highest BCUT2D eigenvalue weighted by molar-refractivity contribution is 5.78. The molecule has 0 saturated heterocycles. The summed E-state index contributed by atoms with van der Waals surface area (Å²) < 4.78 is 0. The van der Waals surface area contributed by atoms with Crippen molar-refractivity contribution in [2.45, 2.75) is 47.0 Å². The standard InChI is InChI=1S/C12H26N2O/c1-5-6-10(9-13)11(15)14-8-7-12(2,3)4/h10H,5-9,13H2,1-4H3,(H,14,15). The normalized spacial score (nSPS) is 13.7. The summed E-state index contributed by atoms with van der Waals surface area (Å²) >= 11 is 0. The molecule has 0 saturated carbocycles. The highest BCUT2D eigenvalue weighted by atomic mass is 16.1. The van der Waals surface area contributed by atoms with Gasteiger partial charge in [0.2, 0.25) is 5.91 Å². The Balaban J connectivity index is 3.81. The molecule has 15 heavy (non-hydrogen) atoms. The first-order valence-corrected chi connectivity index (χ1v) is 5.88. The Morgan fingerprint density at radius 2 is 2.00 bits per heavy atom. The Bertz CT molecular complexity index is 185. The van der Waals surface area contributed by atoms with Gasteiger partial charge in [0.1, 0.15) is 0 Å². The van der Waals surface area contributed by atoms with E-state index in [-0.39, 0.29) is 17.2 Å². The van der Waals surface area contributed by atoms with Crippen LogP contribution in [0, 0.1) is 11.3 Å². The summed E-state index contributed by atoms with van der Waals surface area (Å²) in [7, 11) is 0. The van der Waals surface area contributed by atoms with Crippen LogP contribution in [0.1, 0.15) is 47.0 Å². The molecular weight excluding hydrogens is 188 g/mol. The summed E-state index contributed by atoms with van der Waals surface area (Å²) in [6, 6.07) is 0. The van der Waals surface area contributed by atoms with Gasteiger partial charge in [0.25, 0.3) is 0 Å². The third-order valence-corrected chi connectivity index (χ3v) is 2.47. The highest BCUT2D eigenvalue weighted by Gasteiger charge is 2.16. The Morgan fingerprint density at radius 3 is 2.40 bits per heavy atom. The number of carbonyl (C=O) groups excluding carboxylic acids is 1. The molecule has 0 aliphatic rings. The van der Waals surface area contributed by atoms with Gasteiger partial charge in [0.15, 0.2) is 0 Å². The van der Waals surface area contributed by atoms with Gasteiger partial charge >= 0.3 is 0 Å². The maximum Gasteiger partial charge on any atom is 0.224 e. The van der Waals surface area contributed by atoms with Gasteiger partial charge < -0.3 is 11.1 Å². The zero-order valence-electron chi connectivity index (χ0n) is 10.6. The van der Waals surface area contributed by atoms with Gasteiger partial charge in [-0.15, -0.1) is 0 Å². The molecule has 3 nitrogen and oxygen atoms in total. The zero-order valence-corrected chi connectivity index (χ0v) is 10.6. The van der Waals surface area contributed by atoms with Gasteiger partial charge in [-0.25, -0.2) is 0 Å². The van der Waals surface area contributed by atoms with Crippen molar-refractivity contribution in [1.29, 1.82) is 0 Å². The lowest BCUT2D eigenvalue weighted by molar-refractivity contribution is -0.124. The number of amides is 1. The molecule has 0 aliphatic carbocycles. The summed E-state index contributed by atoms with van der Waals surface area (Å²) in [5.74, 6) is 0.110. The maximum atomic E-state index is 11.7. The summed E-state index contributed by atoms with van der Waals surface area (Å²) in [6.45, 7) is 9.80. The van der Waals surface area contributed by atoms with Gasteiger partial charge in [-0.05, 0) is 18.3 Å². The van der Waals surface area contributed by atoms with E-state index in [2.05, 4.69) is 33.0 Å². The van der Waals surface area contributed by atoms with Crippen LogP contribution in [-0.2, 0) is 4.79 Å². The molecule has 0 aromatic heterocycles. The van der Waals surface area contributed by atoms with Crippen molar-refractivity contribution in [3.05, 3.63) is 0 Å². The quantitative estimate of drug-likeness (QED) is 0.709. The molecule has 0 aromatic rings. The van der Waals surface area contributed by atoms with Crippen molar-refractivity contribution in [1.82, 2.24) is 5.32 Å². The fraction of sp³-hybridized carbons (Fsp3) is 0.917. The van der Waals surface area contributed by atoms with Crippen molar-refractivity contribution in [3.63, 3.8) is 0 Å². The van der Waals surface area contributed by atoms with Gasteiger partial charge in [-0.2, -0.15) is 0 Å². The first-order chi connectivity index (χ1) is 6.90. The topological polar surface area (TPSA) is 55.1 Å². The molecule has 0 rings (SSSR count). The molecule has 1 unspecified atom stereocenters. The molecule has 90 valence electrons. The van der Waals surface area contributed by atoms with E-state index in [9.17, 15) is 4.79 Å². The van der Waals surface area contributed by atoms with E-state index in [4.69, 9.17) is 5.73 Å². The van der Waals surface area contributed by atoms with E-state index in [1.54, 1.807) is 0 Å². The summed E-state index contributed by atoms with van der Waals surface area (Å²) in [4.78, 5) is 11.7. The monoisotopic (exact) mass is 214 g/mol. The Morgan fingerprint density at radius 1 is 1.40 bits per heavy atom. The minimum atomic E-state index is -0.00466. The largest absolute Gasteiger partial charge is 0.356 e. The first-order valence-electron chi connectivity index (χ1n) is 5.88. The lowest BCUT2D eigenvalue weighted by Crippen LogP contribution is -2.36. The van der Waals surface area contributed by atoms with Crippen molar-refractivity contribution in [2.75, 3.05) is 13.1 Å². The number of hydrogen-bond donors (Lipinski definition) is 2. The predicted molar refractivity (Wildman–Crippen MR) is 64.5 cm³/mol. The molecule has 3 N–H and O–H groups in total. The lowest BCUT2D eigenvalue weighted by atomic mass is 9.92. The Kier molecular flexibility index (Phi) is 6.57. The second-order valence-electron chi connectivity index (χ2n) is 5.32. The lowest BCUT2D eigenvalue weighted by Gasteiger charge is -2.19. The number of carbonyl (C=O) groups is 1. The van der Waals surface area contributed by atoms with Crippen LogP contribution >= 0.6 is 0 Å². The summed E-state index contributed by atoms with van der Waals surface area (Å²) in [5.41, 5.74) is 5.83. The summed E-state index contributed by atoms with van der Waals surface area (Å²) in [6.07, 6.45) is 2.90. The molecule has 0 radical (unpaired) electrons. The van der Waals surface area contributed by atoms with Gasteiger partial charge in [-0.3, -0.25) is 4.79 Å². The molecule has 0 fully saturated rings. The Labute approximate surface area is 93.8 Å². The molecule has 0 aromatic carbocycles. The molecule has 1 atom stereocenters. The highest BCUT2D eigenvalue weighted by Crippen LogP contribution is 2.17. The van der Waals surface area contributed by atoms with Crippen molar-refractivity contribution in [2.24, 2.45) is 17.1 Å². The molecule has 3 heteroatoms. The molecule has 1 amide bonds. The van der Waals surface area contributed by atoms with Gasteiger partial charge in [0, 0.05) is 13.1 Å². The van der Waals surface area contributed by atoms with Crippen LogP contribution in [0.3, 0.4) is 0 Å².